The van der Waals surface area contributed by atoms with E-state index in [1.165, 1.54) is 0 Å². The summed E-state index contributed by atoms with van der Waals surface area (Å²) in [5.41, 5.74) is 9.95. The number of fused-ring (bicyclic) bond motifs is 1. The second kappa shape index (κ2) is 3.60. The monoisotopic (exact) mass is 241 g/mol. The number of nitrogens with two attached hydrogens (primary N) is 1. The van der Waals surface area contributed by atoms with E-state index in [-0.39, 0.29) is 0 Å². The Morgan fingerprint density at radius 2 is 1.94 bits per heavy atom. The summed E-state index contributed by atoms with van der Waals surface area (Å²) < 4.78 is 3.95. The van der Waals surface area contributed by atoms with E-state index in [4.69, 9.17) is 5.73 Å². The number of anilines is 1. The topological polar surface area (TPSA) is 61.7 Å². The van der Waals surface area contributed by atoms with Crippen molar-refractivity contribution in [1.29, 1.82) is 0 Å². The molecule has 2 aromatic heterocycles. The first-order valence-corrected chi connectivity index (χ1v) is 5.78. The molecule has 0 radical (unpaired) electrons. The van der Waals surface area contributed by atoms with Crippen molar-refractivity contribution in [3.05, 3.63) is 30.2 Å². The molecule has 5 nitrogen and oxygen atoms in total. The minimum atomic E-state index is 0.516. The number of aromatic nitrogens is 4. The molecule has 92 valence electrons. The molecule has 0 bridgehead atoms. The summed E-state index contributed by atoms with van der Waals surface area (Å²) in [4.78, 5) is 8.65. The molecule has 0 aliphatic carbocycles. The number of hydrogen-bond acceptors (Lipinski definition) is 3. The van der Waals surface area contributed by atoms with E-state index in [1.54, 1.807) is 6.20 Å². The lowest BCUT2D eigenvalue weighted by Gasteiger charge is -2.03. The summed E-state index contributed by atoms with van der Waals surface area (Å²) in [7, 11) is 3.93. The lowest BCUT2D eigenvalue weighted by Crippen LogP contribution is -1.98. The maximum Gasteiger partial charge on any atom is 0.200 e. The average molecular weight is 241 g/mol. The molecular formula is C13H15N5. The van der Waals surface area contributed by atoms with Gasteiger partial charge in [-0.25, -0.2) is 9.97 Å². The smallest absolute Gasteiger partial charge is 0.200 e. The van der Waals surface area contributed by atoms with Crippen LogP contribution < -0.4 is 5.73 Å². The Bertz CT molecular complexity index is 735. The van der Waals surface area contributed by atoms with Crippen molar-refractivity contribution in [2.24, 2.45) is 14.1 Å². The van der Waals surface area contributed by atoms with Crippen LogP contribution in [0.1, 0.15) is 5.82 Å². The molecule has 2 N–H and O–H groups in total. The Labute approximate surface area is 105 Å². The van der Waals surface area contributed by atoms with Gasteiger partial charge in [0.25, 0.3) is 0 Å². The molecule has 0 saturated heterocycles. The van der Waals surface area contributed by atoms with Gasteiger partial charge in [-0.05, 0) is 19.1 Å². The fraction of sp³-hybridized carbons (Fsp3) is 0.231. The first-order valence-electron chi connectivity index (χ1n) is 5.78. The molecule has 0 saturated carbocycles. The van der Waals surface area contributed by atoms with E-state index >= 15 is 0 Å². The van der Waals surface area contributed by atoms with Gasteiger partial charge in [-0.3, -0.25) is 0 Å². The van der Waals surface area contributed by atoms with Crippen LogP contribution in [-0.2, 0) is 14.1 Å². The Kier molecular flexibility index (Phi) is 2.16. The first kappa shape index (κ1) is 10.8. The number of aryl methyl sites for hydroxylation is 2. The minimum absolute atomic E-state index is 0.516. The summed E-state index contributed by atoms with van der Waals surface area (Å²) in [6.45, 7) is 2.00. The molecule has 5 heteroatoms. The summed E-state index contributed by atoms with van der Waals surface area (Å²) >= 11 is 0. The lowest BCUT2D eigenvalue weighted by atomic mass is 10.1. The van der Waals surface area contributed by atoms with E-state index in [1.807, 2.05) is 25.6 Å². The molecule has 3 aromatic rings. The summed E-state index contributed by atoms with van der Waals surface area (Å²) in [6, 6.07) is 6.21. The zero-order chi connectivity index (χ0) is 12.9. The summed E-state index contributed by atoms with van der Waals surface area (Å²) in [6.07, 6.45) is 1.78. The van der Waals surface area contributed by atoms with Gasteiger partial charge in [-0.15, -0.1) is 0 Å². The van der Waals surface area contributed by atoms with Crippen LogP contribution in [0.4, 0.5) is 5.95 Å². The predicted molar refractivity (Wildman–Crippen MR) is 72.1 cm³/mol. The second-order valence-corrected chi connectivity index (χ2v) is 4.48. The fourth-order valence-electron chi connectivity index (χ4n) is 2.17. The molecule has 0 atom stereocenters. The zero-order valence-corrected chi connectivity index (χ0v) is 10.7. The van der Waals surface area contributed by atoms with Crippen molar-refractivity contribution < 1.29 is 0 Å². The van der Waals surface area contributed by atoms with E-state index in [0.29, 0.717) is 5.95 Å². The van der Waals surface area contributed by atoms with Gasteiger partial charge < -0.3 is 14.9 Å². The van der Waals surface area contributed by atoms with Gasteiger partial charge in [-0.1, -0.05) is 6.07 Å². The van der Waals surface area contributed by atoms with Gasteiger partial charge in [0.15, 0.2) is 5.95 Å². The number of rotatable bonds is 1. The van der Waals surface area contributed by atoms with Crippen LogP contribution in [0.2, 0.25) is 0 Å². The Morgan fingerprint density at radius 3 is 2.61 bits per heavy atom. The molecule has 0 fully saturated rings. The number of nitrogens with zero attached hydrogens (tertiary/aromatic N) is 4. The molecule has 2 heterocycles. The molecule has 18 heavy (non-hydrogen) atoms. The quantitative estimate of drug-likeness (QED) is 0.707. The van der Waals surface area contributed by atoms with Gasteiger partial charge >= 0.3 is 0 Å². The summed E-state index contributed by atoms with van der Waals surface area (Å²) in [5.74, 6) is 1.52. The highest BCUT2D eigenvalue weighted by Crippen LogP contribution is 2.25. The predicted octanol–water partition coefficient (Wildman–Crippen LogP) is 1.86. The molecule has 0 amide bonds. The third kappa shape index (κ3) is 1.40. The maximum atomic E-state index is 5.75. The number of nitrogen functional groups attached to an aromatic ring is 1. The molecule has 0 unspecified atom stereocenters. The van der Waals surface area contributed by atoms with Crippen LogP contribution >= 0.6 is 0 Å². The van der Waals surface area contributed by atoms with Gasteiger partial charge in [-0.2, -0.15) is 0 Å². The molecule has 0 spiro atoms. The highest BCUT2D eigenvalue weighted by molar-refractivity contribution is 5.82. The SMILES string of the molecule is Cc1nc2cc(-c3cnc(N)n3C)ccc2n1C. The Balaban J connectivity index is 2.22. The van der Waals surface area contributed by atoms with Crippen LogP contribution in [0.25, 0.3) is 22.3 Å². The first-order chi connectivity index (χ1) is 8.58. The normalized spacial score (nSPS) is 11.3. The number of hydrogen-bond donors (Lipinski definition) is 1. The molecule has 0 aliphatic rings. The highest BCUT2D eigenvalue weighted by atomic mass is 15.1. The van der Waals surface area contributed by atoms with Crippen LogP contribution in [0, 0.1) is 6.92 Å². The van der Waals surface area contributed by atoms with Crippen LogP contribution in [0.3, 0.4) is 0 Å². The fourth-order valence-corrected chi connectivity index (χ4v) is 2.17. The number of imidazole rings is 2. The highest BCUT2D eigenvalue weighted by Gasteiger charge is 2.09. The maximum absolute atomic E-state index is 5.75. The van der Waals surface area contributed by atoms with Gasteiger partial charge in [0, 0.05) is 19.7 Å². The Hall–Kier alpha value is -2.30. The van der Waals surface area contributed by atoms with Gasteiger partial charge in [0.1, 0.15) is 5.82 Å². The van der Waals surface area contributed by atoms with Crippen LogP contribution in [-0.4, -0.2) is 19.1 Å². The van der Waals surface area contributed by atoms with Gasteiger partial charge in [0.2, 0.25) is 0 Å². The van der Waals surface area contributed by atoms with Crippen molar-refractivity contribution >= 4 is 17.0 Å². The van der Waals surface area contributed by atoms with Gasteiger partial charge in [0.05, 0.1) is 22.9 Å². The van der Waals surface area contributed by atoms with Crippen molar-refractivity contribution in [1.82, 2.24) is 19.1 Å². The lowest BCUT2D eigenvalue weighted by molar-refractivity contribution is 0.886. The molecule has 0 aliphatic heterocycles. The third-order valence-electron chi connectivity index (χ3n) is 3.42. The summed E-state index contributed by atoms with van der Waals surface area (Å²) in [5, 5.41) is 0. The van der Waals surface area contributed by atoms with Crippen molar-refractivity contribution in [3.8, 4) is 11.3 Å². The third-order valence-corrected chi connectivity index (χ3v) is 3.42. The average Bonchev–Trinajstić information content (AvgIpc) is 2.82. The van der Waals surface area contributed by atoms with E-state index in [9.17, 15) is 0 Å². The van der Waals surface area contributed by atoms with Crippen molar-refractivity contribution in [2.45, 2.75) is 6.92 Å². The van der Waals surface area contributed by atoms with E-state index in [0.717, 1.165) is 28.1 Å². The second-order valence-electron chi connectivity index (χ2n) is 4.48. The van der Waals surface area contributed by atoms with E-state index in [2.05, 4.69) is 32.7 Å². The zero-order valence-electron chi connectivity index (χ0n) is 10.7. The van der Waals surface area contributed by atoms with Crippen molar-refractivity contribution in [3.63, 3.8) is 0 Å². The Morgan fingerprint density at radius 1 is 1.17 bits per heavy atom. The minimum Gasteiger partial charge on any atom is -0.369 e. The number of benzene rings is 1. The molecular weight excluding hydrogens is 226 g/mol. The largest absolute Gasteiger partial charge is 0.369 e. The molecule has 3 rings (SSSR count). The van der Waals surface area contributed by atoms with Crippen LogP contribution in [0.15, 0.2) is 24.4 Å². The molecule has 1 aromatic carbocycles. The standard InChI is InChI=1S/C13H15N5/c1-8-16-10-6-9(4-5-11(10)17(8)2)12-7-15-13(14)18(12)3/h4-7H,1-3H3,(H2,14,15). The van der Waals surface area contributed by atoms with Crippen LogP contribution in [0.5, 0.6) is 0 Å². The van der Waals surface area contributed by atoms with E-state index < -0.39 is 0 Å². The van der Waals surface area contributed by atoms with Crippen molar-refractivity contribution in [2.75, 3.05) is 5.73 Å².